The van der Waals surface area contributed by atoms with Crippen LogP contribution in [0.4, 0.5) is 0 Å². The molecule has 1 N–H and O–H groups in total. The Morgan fingerprint density at radius 1 is 1.03 bits per heavy atom. The first-order valence-corrected chi connectivity index (χ1v) is 12.6. The fourth-order valence-electron chi connectivity index (χ4n) is 5.81. The molecule has 0 aromatic heterocycles. The number of para-hydroxylation sites is 1. The number of nitrogens with one attached hydrogen (secondary N) is 1. The van der Waals surface area contributed by atoms with Gasteiger partial charge in [0, 0.05) is 30.7 Å². The first-order chi connectivity index (χ1) is 17.1. The van der Waals surface area contributed by atoms with Gasteiger partial charge in [0.2, 0.25) is 0 Å². The Morgan fingerprint density at radius 3 is 2.46 bits per heavy atom. The highest BCUT2D eigenvalue weighted by Crippen LogP contribution is 2.43. The molecule has 2 aromatic carbocycles. The lowest BCUT2D eigenvalue weighted by Crippen LogP contribution is -2.69. The van der Waals surface area contributed by atoms with Crippen LogP contribution in [0.3, 0.4) is 0 Å². The molecule has 5 unspecified atom stereocenters. The van der Waals surface area contributed by atoms with Crippen LogP contribution in [0.25, 0.3) is 0 Å². The molecule has 3 saturated heterocycles. The zero-order chi connectivity index (χ0) is 24.8. The minimum absolute atomic E-state index is 0.0550. The van der Waals surface area contributed by atoms with Gasteiger partial charge in [0.05, 0.1) is 32.2 Å². The van der Waals surface area contributed by atoms with E-state index in [-0.39, 0.29) is 35.9 Å². The number of piperidine rings is 3. The van der Waals surface area contributed by atoms with Crippen LogP contribution in [0.2, 0.25) is 0 Å². The maximum atomic E-state index is 13.4. The van der Waals surface area contributed by atoms with Crippen LogP contribution in [0.5, 0.6) is 5.75 Å². The molecular formula is C28H36N2O5. The van der Waals surface area contributed by atoms with Crippen LogP contribution in [-0.4, -0.2) is 62.3 Å². The lowest BCUT2D eigenvalue weighted by Gasteiger charge is -2.55. The summed E-state index contributed by atoms with van der Waals surface area (Å²) in [5.74, 6) is -0.208. The highest BCUT2D eigenvalue weighted by molar-refractivity contribution is 5.80. The summed E-state index contributed by atoms with van der Waals surface area (Å²) in [6.07, 6.45) is 0.869. The molecule has 3 heterocycles. The van der Waals surface area contributed by atoms with Crippen molar-refractivity contribution < 1.29 is 23.8 Å². The Kier molecular flexibility index (Phi) is 8.42. The van der Waals surface area contributed by atoms with Crippen LogP contribution in [-0.2, 0) is 25.6 Å². The Balaban J connectivity index is 1.70. The smallest absolute Gasteiger partial charge is 0.315 e. The van der Waals surface area contributed by atoms with E-state index in [1.54, 1.807) is 7.11 Å². The summed E-state index contributed by atoms with van der Waals surface area (Å²) in [5.41, 5.74) is 1.96. The van der Waals surface area contributed by atoms with E-state index in [9.17, 15) is 9.59 Å². The molecule has 0 radical (unpaired) electrons. The molecule has 7 heteroatoms. The molecule has 0 spiro atoms. The number of methoxy groups -OCH3 is 1. The van der Waals surface area contributed by atoms with Crippen molar-refractivity contribution in [2.75, 3.05) is 33.4 Å². The summed E-state index contributed by atoms with van der Waals surface area (Å²) in [6.45, 7) is 6.34. The van der Waals surface area contributed by atoms with Gasteiger partial charge in [-0.2, -0.15) is 0 Å². The van der Waals surface area contributed by atoms with Crippen LogP contribution in [0, 0.1) is 11.8 Å². The fraction of sp³-hybridized carbons (Fsp3) is 0.500. The van der Waals surface area contributed by atoms with Crippen molar-refractivity contribution in [3.63, 3.8) is 0 Å². The van der Waals surface area contributed by atoms with Crippen molar-refractivity contribution in [3.05, 3.63) is 65.7 Å². The molecule has 2 bridgehead atoms. The van der Waals surface area contributed by atoms with Crippen molar-refractivity contribution >= 4 is 11.9 Å². The highest BCUT2D eigenvalue weighted by atomic mass is 16.5. The van der Waals surface area contributed by atoms with Gasteiger partial charge >= 0.3 is 11.9 Å². The third-order valence-corrected chi connectivity index (χ3v) is 7.30. The Bertz CT molecular complexity index is 998. The van der Waals surface area contributed by atoms with Crippen LogP contribution < -0.4 is 10.1 Å². The second kappa shape index (κ2) is 11.7. The van der Waals surface area contributed by atoms with Crippen molar-refractivity contribution in [1.82, 2.24) is 10.2 Å². The average molecular weight is 481 g/mol. The topological polar surface area (TPSA) is 77.1 Å². The van der Waals surface area contributed by atoms with E-state index in [0.717, 1.165) is 29.8 Å². The predicted octanol–water partition coefficient (Wildman–Crippen LogP) is 3.38. The molecular weight excluding hydrogens is 444 g/mol. The Labute approximate surface area is 207 Å². The number of ether oxygens (including phenoxy) is 3. The molecule has 7 nitrogen and oxygen atoms in total. The summed E-state index contributed by atoms with van der Waals surface area (Å²) in [7, 11) is 1.67. The summed E-state index contributed by atoms with van der Waals surface area (Å²) in [4.78, 5) is 28.6. The number of esters is 2. The van der Waals surface area contributed by atoms with Gasteiger partial charge in [-0.15, -0.1) is 0 Å². The summed E-state index contributed by atoms with van der Waals surface area (Å²) < 4.78 is 16.6. The van der Waals surface area contributed by atoms with Gasteiger partial charge in [0.15, 0.2) is 0 Å². The van der Waals surface area contributed by atoms with Gasteiger partial charge in [-0.05, 0) is 44.4 Å². The van der Waals surface area contributed by atoms with E-state index >= 15 is 0 Å². The standard InChI is InChI=1S/C28H36N2O5/c1-4-34-27(31)22-18-30-16-15-21(22)25(29-17-20-13-9-10-14-23(20)33-3)26(30)24(28(32)35-5-2)19-11-7-6-8-12-19/h6-14,21-22,24-26,29H,4-5,15-18H2,1-3H3/t21-,22?,24?,25?,26?/m1/s1. The SMILES string of the molecule is CCOC(=O)C(c1ccccc1)C1C(NCc2ccccc2OC)[C@@H]2CCN1CC2C(=O)OCC. The van der Waals surface area contributed by atoms with Crippen molar-refractivity contribution in [1.29, 1.82) is 0 Å². The quantitative estimate of drug-likeness (QED) is 0.523. The molecule has 6 atom stereocenters. The zero-order valence-corrected chi connectivity index (χ0v) is 20.8. The molecule has 3 aliphatic rings. The predicted molar refractivity (Wildman–Crippen MR) is 133 cm³/mol. The molecule has 5 rings (SSSR count). The summed E-state index contributed by atoms with van der Waals surface area (Å²) in [6, 6.07) is 17.5. The van der Waals surface area contributed by atoms with Gasteiger partial charge < -0.3 is 19.5 Å². The van der Waals surface area contributed by atoms with E-state index in [2.05, 4.69) is 10.2 Å². The Morgan fingerprint density at radius 2 is 1.74 bits per heavy atom. The average Bonchev–Trinajstić information content (AvgIpc) is 2.89. The molecule has 0 aliphatic carbocycles. The van der Waals surface area contributed by atoms with E-state index < -0.39 is 5.92 Å². The largest absolute Gasteiger partial charge is 0.496 e. The third kappa shape index (κ3) is 5.36. The Hall–Kier alpha value is -2.90. The monoisotopic (exact) mass is 480 g/mol. The van der Waals surface area contributed by atoms with E-state index in [4.69, 9.17) is 14.2 Å². The number of hydrogen-bond donors (Lipinski definition) is 1. The number of rotatable bonds is 10. The van der Waals surface area contributed by atoms with Crippen molar-refractivity contribution in [3.8, 4) is 5.75 Å². The maximum absolute atomic E-state index is 13.4. The second-order valence-electron chi connectivity index (χ2n) is 9.16. The molecule has 35 heavy (non-hydrogen) atoms. The van der Waals surface area contributed by atoms with Gasteiger partial charge in [-0.1, -0.05) is 48.5 Å². The zero-order valence-electron chi connectivity index (χ0n) is 20.8. The number of benzene rings is 2. The molecule has 0 amide bonds. The van der Waals surface area contributed by atoms with E-state index in [0.29, 0.717) is 26.3 Å². The van der Waals surface area contributed by atoms with Gasteiger partial charge in [0.1, 0.15) is 5.75 Å². The lowest BCUT2D eigenvalue weighted by atomic mass is 9.67. The van der Waals surface area contributed by atoms with Gasteiger partial charge in [0.25, 0.3) is 0 Å². The number of fused-ring (bicyclic) bond motifs is 3. The van der Waals surface area contributed by atoms with Crippen molar-refractivity contribution in [2.24, 2.45) is 11.8 Å². The first kappa shape index (κ1) is 25.2. The normalized spacial score (nSPS) is 26.1. The minimum Gasteiger partial charge on any atom is -0.496 e. The van der Waals surface area contributed by atoms with Crippen LogP contribution in [0.1, 0.15) is 37.3 Å². The second-order valence-corrected chi connectivity index (χ2v) is 9.16. The number of carbonyl (C=O) groups is 2. The van der Waals surface area contributed by atoms with Crippen molar-refractivity contribution in [2.45, 2.75) is 44.8 Å². The highest BCUT2D eigenvalue weighted by Gasteiger charge is 2.54. The van der Waals surface area contributed by atoms with Gasteiger partial charge in [-0.3, -0.25) is 14.5 Å². The number of hydrogen-bond acceptors (Lipinski definition) is 7. The van der Waals surface area contributed by atoms with Gasteiger partial charge in [-0.25, -0.2) is 0 Å². The third-order valence-electron chi connectivity index (χ3n) is 7.30. The molecule has 3 fully saturated rings. The van der Waals surface area contributed by atoms with Crippen LogP contribution >= 0.6 is 0 Å². The first-order valence-electron chi connectivity index (χ1n) is 12.6. The summed E-state index contributed by atoms with van der Waals surface area (Å²) >= 11 is 0. The molecule has 3 aliphatic heterocycles. The molecule has 2 aromatic rings. The molecule has 188 valence electrons. The lowest BCUT2D eigenvalue weighted by molar-refractivity contribution is -0.161. The number of nitrogens with zero attached hydrogens (tertiary/aromatic N) is 1. The summed E-state index contributed by atoms with van der Waals surface area (Å²) in [5, 5.41) is 3.73. The fourth-order valence-corrected chi connectivity index (χ4v) is 5.81. The molecule has 0 saturated carbocycles. The number of carbonyl (C=O) groups excluding carboxylic acids is 2. The van der Waals surface area contributed by atoms with Crippen LogP contribution in [0.15, 0.2) is 54.6 Å². The minimum atomic E-state index is -0.461. The van der Waals surface area contributed by atoms with E-state index in [1.807, 2.05) is 68.4 Å². The van der Waals surface area contributed by atoms with E-state index in [1.165, 1.54) is 0 Å². The maximum Gasteiger partial charge on any atom is 0.315 e.